The second-order valence-corrected chi connectivity index (χ2v) is 5.02. The molecular formula is C14H15FN2O4. The first kappa shape index (κ1) is 15.0. The summed E-state index contributed by atoms with van der Waals surface area (Å²) in [6.07, 6.45) is 1.06. The van der Waals surface area contributed by atoms with Gasteiger partial charge in [-0.2, -0.15) is 0 Å². The van der Waals surface area contributed by atoms with Crippen LogP contribution in [-0.2, 0) is 9.59 Å². The Kier molecular flexibility index (Phi) is 4.21. The molecule has 3 N–H and O–H groups in total. The number of benzene rings is 1. The topological polar surface area (TPSA) is 95.5 Å². The zero-order valence-electron chi connectivity index (χ0n) is 11.2. The molecule has 1 fully saturated rings. The van der Waals surface area contributed by atoms with Crippen molar-refractivity contribution >= 4 is 17.8 Å². The van der Waals surface area contributed by atoms with Crippen molar-refractivity contribution in [3.05, 3.63) is 35.6 Å². The van der Waals surface area contributed by atoms with Crippen LogP contribution < -0.4 is 10.6 Å². The van der Waals surface area contributed by atoms with E-state index in [9.17, 15) is 18.8 Å². The predicted octanol–water partition coefficient (Wildman–Crippen LogP) is 0.536. The van der Waals surface area contributed by atoms with E-state index in [4.69, 9.17) is 5.11 Å². The van der Waals surface area contributed by atoms with Gasteiger partial charge in [0, 0.05) is 6.54 Å². The fourth-order valence-electron chi connectivity index (χ4n) is 1.85. The maximum atomic E-state index is 13.3. The fourth-order valence-corrected chi connectivity index (χ4v) is 1.85. The molecule has 1 aliphatic rings. The Hall–Kier alpha value is -2.44. The van der Waals surface area contributed by atoms with Gasteiger partial charge in [0.15, 0.2) is 0 Å². The number of aliphatic carboxylic acids is 1. The van der Waals surface area contributed by atoms with E-state index in [0.717, 1.165) is 6.07 Å². The van der Waals surface area contributed by atoms with Gasteiger partial charge in [-0.25, -0.2) is 4.39 Å². The van der Waals surface area contributed by atoms with Crippen LogP contribution >= 0.6 is 0 Å². The molecule has 0 aliphatic heterocycles. The summed E-state index contributed by atoms with van der Waals surface area (Å²) in [5.74, 6) is -2.80. The number of carbonyl (C=O) groups excluding carboxylic acids is 2. The molecule has 112 valence electrons. The Labute approximate surface area is 120 Å². The maximum Gasteiger partial charge on any atom is 0.311 e. The van der Waals surface area contributed by atoms with Crippen molar-refractivity contribution in [2.24, 2.45) is 5.41 Å². The van der Waals surface area contributed by atoms with Gasteiger partial charge in [-0.1, -0.05) is 12.1 Å². The molecule has 1 aromatic carbocycles. The number of carboxylic acid groups (broad SMARTS) is 1. The highest BCUT2D eigenvalue weighted by molar-refractivity contribution is 5.96. The normalized spacial score (nSPS) is 15.1. The standard InChI is InChI=1S/C14H15FN2O4/c15-10-4-2-1-3-9(10)12(19)16-7-11(18)17-8-14(5-6-14)13(20)21/h1-4H,5-8H2,(H,16,19)(H,17,18)(H,20,21). The van der Waals surface area contributed by atoms with E-state index in [2.05, 4.69) is 10.6 Å². The molecule has 2 rings (SSSR count). The number of halogens is 1. The molecule has 7 heteroatoms. The molecular weight excluding hydrogens is 279 g/mol. The van der Waals surface area contributed by atoms with Crippen LogP contribution in [0.1, 0.15) is 23.2 Å². The fraction of sp³-hybridized carbons (Fsp3) is 0.357. The van der Waals surface area contributed by atoms with Crippen LogP contribution in [0, 0.1) is 11.2 Å². The highest BCUT2D eigenvalue weighted by Crippen LogP contribution is 2.45. The number of rotatable bonds is 6. The molecule has 6 nitrogen and oxygen atoms in total. The first-order chi connectivity index (χ1) is 9.94. The van der Waals surface area contributed by atoms with Crippen molar-refractivity contribution < 1.29 is 23.9 Å². The second kappa shape index (κ2) is 5.90. The Morgan fingerprint density at radius 1 is 1.19 bits per heavy atom. The summed E-state index contributed by atoms with van der Waals surface area (Å²) in [5.41, 5.74) is -1.000. The first-order valence-electron chi connectivity index (χ1n) is 6.47. The number of hydrogen-bond donors (Lipinski definition) is 3. The average Bonchev–Trinajstić information content (AvgIpc) is 3.24. The molecule has 0 spiro atoms. The van der Waals surface area contributed by atoms with Gasteiger partial charge in [0.25, 0.3) is 5.91 Å². The molecule has 1 aliphatic carbocycles. The molecule has 21 heavy (non-hydrogen) atoms. The SMILES string of the molecule is O=C(CNC(=O)c1ccccc1F)NCC1(C(=O)O)CC1. The molecule has 0 atom stereocenters. The van der Waals surface area contributed by atoms with E-state index < -0.39 is 29.0 Å². The van der Waals surface area contributed by atoms with Gasteiger partial charge in [0.05, 0.1) is 17.5 Å². The zero-order chi connectivity index (χ0) is 15.5. The lowest BCUT2D eigenvalue weighted by molar-refractivity contribution is -0.143. The van der Waals surface area contributed by atoms with Crippen LogP contribution in [0.5, 0.6) is 0 Å². The van der Waals surface area contributed by atoms with Crippen LogP contribution in [0.3, 0.4) is 0 Å². The van der Waals surface area contributed by atoms with Crippen LogP contribution in [0.25, 0.3) is 0 Å². The van der Waals surface area contributed by atoms with Crippen molar-refractivity contribution in [3.63, 3.8) is 0 Å². The third-order valence-corrected chi connectivity index (χ3v) is 3.46. The minimum Gasteiger partial charge on any atom is -0.481 e. The second-order valence-electron chi connectivity index (χ2n) is 5.02. The van der Waals surface area contributed by atoms with Crippen LogP contribution in [0.15, 0.2) is 24.3 Å². The average molecular weight is 294 g/mol. The molecule has 0 heterocycles. The highest BCUT2D eigenvalue weighted by atomic mass is 19.1. The monoisotopic (exact) mass is 294 g/mol. The van der Waals surface area contributed by atoms with Gasteiger partial charge >= 0.3 is 5.97 Å². The summed E-state index contributed by atoms with van der Waals surface area (Å²) in [5, 5.41) is 13.7. The largest absolute Gasteiger partial charge is 0.481 e. The minimum atomic E-state index is -0.932. The number of carboxylic acids is 1. The molecule has 0 saturated heterocycles. The summed E-state index contributed by atoms with van der Waals surface area (Å²) in [4.78, 5) is 34.1. The van der Waals surface area contributed by atoms with Crippen molar-refractivity contribution in [1.29, 1.82) is 0 Å². The van der Waals surface area contributed by atoms with E-state index >= 15 is 0 Å². The Morgan fingerprint density at radius 2 is 1.86 bits per heavy atom. The lowest BCUT2D eigenvalue weighted by Crippen LogP contribution is -2.41. The van der Waals surface area contributed by atoms with E-state index in [1.54, 1.807) is 0 Å². The summed E-state index contributed by atoms with van der Waals surface area (Å²) in [6, 6.07) is 5.44. The molecule has 1 saturated carbocycles. The number of hydrogen-bond acceptors (Lipinski definition) is 3. The van der Waals surface area contributed by atoms with Gasteiger partial charge in [-0.15, -0.1) is 0 Å². The van der Waals surface area contributed by atoms with E-state index in [0.29, 0.717) is 12.8 Å². The molecule has 2 amide bonds. The highest BCUT2D eigenvalue weighted by Gasteiger charge is 2.50. The summed E-state index contributed by atoms with van der Waals surface area (Å²) in [7, 11) is 0. The molecule has 0 bridgehead atoms. The lowest BCUT2D eigenvalue weighted by atomic mass is 10.1. The first-order valence-corrected chi connectivity index (χ1v) is 6.47. The van der Waals surface area contributed by atoms with Crippen LogP contribution in [0.2, 0.25) is 0 Å². The third kappa shape index (κ3) is 3.56. The lowest BCUT2D eigenvalue weighted by Gasteiger charge is -2.11. The van der Waals surface area contributed by atoms with Gasteiger partial charge < -0.3 is 15.7 Å². The number of carbonyl (C=O) groups is 3. The van der Waals surface area contributed by atoms with Gasteiger partial charge in [-0.3, -0.25) is 14.4 Å². The molecule has 0 radical (unpaired) electrons. The summed E-state index contributed by atoms with van der Waals surface area (Å²) in [6.45, 7) is -0.292. The van der Waals surface area contributed by atoms with Gasteiger partial charge in [0.1, 0.15) is 5.82 Å². The Bertz CT molecular complexity index is 584. The van der Waals surface area contributed by atoms with Crippen molar-refractivity contribution in [1.82, 2.24) is 10.6 Å². The molecule has 0 unspecified atom stereocenters. The van der Waals surface area contributed by atoms with Gasteiger partial charge in [0.2, 0.25) is 5.91 Å². The van der Waals surface area contributed by atoms with E-state index in [1.807, 2.05) is 0 Å². The van der Waals surface area contributed by atoms with Crippen molar-refractivity contribution in [2.75, 3.05) is 13.1 Å². The minimum absolute atomic E-state index is 0.0384. The summed E-state index contributed by atoms with van der Waals surface area (Å²) >= 11 is 0. The predicted molar refractivity (Wildman–Crippen MR) is 71.0 cm³/mol. The van der Waals surface area contributed by atoms with Crippen molar-refractivity contribution in [3.8, 4) is 0 Å². The summed E-state index contributed by atoms with van der Waals surface area (Å²) < 4.78 is 13.3. The molecule has 1 aromatic rings. The number of amides is 2. The third-order valence-electron chi connectivity index (χ3n) is 3.46. The number of nitrogens with one attached hydrogen (secondary N) is 2. The maximum absolute atomic E-state index is 13.3. The molecule has 0 aromatic heterocycles. The van der Waals surface area contributed by atoms with Crippen molar-refractivity contribution in [2.45, 2.75) is 12.8 Å². The van der Waals surface area contributed by atoms with Gasteiger partial charge in [-0.05, 0) is 25.0 Å². The van der Waals surface area contributed by atoms with Crippen LogP contribution in [-0.4, -0.2) is 36.0 Å². The quantitative estimate of drug-likeness (QED) is 0.713. The van der Waals surface area contributed by atoms with E-state index in [-0.39, 0.29) is 18.7 Å². The Morgan fingerprint density at radius 3 is 2.43 bits per heavy atom. The zero-order valence-corrected chi connectivity index (χ0v) is 11.2. The smallest absolute Gasteiger partial charge is 0.311 e. The van der Waals surface area contributed by atoms with E-state index in [1.165, 1.54) is 18.2 Å². The Balaban J connectivity index is 1.78. The van der Waals surface area contributed by atoms with Crippen LogP contribution in [0.4, 0.5) is 4.39 Å².